The highest BCUT2D eigenvalue weighted by Gasteiger charge is 2.22. The first-order chi connectivity index (χ1) is 23.3. The van der Waals surface area contributed by atoms with Crippen LogP contribution in [0.1, 0.15) is 23.7 Å². The molecular formula is C43H27N3O. The molecule has 4 aromatic heterocycles. The van der Waals surface area contributed by atoms with Crippen LogP contribution in [0.2, 0.25) is 0 Å². The van der Waals surface area contributed by atoms with E-state index in [1.54, 1.807) is 0 Å². The van der Waals surface area contributed by atoms with Crippen molar-refractivity contribution in [3.63, 3.8) is 0 Å². The normalized spacial score (nSPS) is 15.0. The number of hydrogen-bond acceptors (Lipinski definition) is 4. The number of nitrogens with zero attached hydrogens (tertiary/aromatic N) is 3. The molecule has 1 unspecified atom stereocenters. The van der Waals surface area contributed by atoms with Gasteiger partial charge in [0.1, 0.15) is 11.3 Å². The molecule has 0 saturated heterocycles. The summed E-state index contributed by atoms with van der Waals surface area (Å²) in [5, 5.41) is 7.95. The van der Waals surface area contributed by atoms with Crippen LogP contribution in [0.5, 0.6) is 0 Å². The van der Waals surface area contributed by atoms with Gasteiger partial charge in [0.05, 0.1) is 22.2 Å². The highest BCUT2D eigenvalue weighted by atomic mass is 16.3. The Bertz CT molecular complexity index is 2770. The van der Waals surface area contributed by atoms with Crippen molar-refractivity contribution in [3.05, 3.63) is 157 Å². The third-order valence-corrected chi connectivity index (χ3v) is 9.56. The second-order valence-corrected chi connectivity index (χ2v) is 12.3. The number of allylic oxidation sites excluding steroid dienone is 4. The highest BCUT2D eigenvalue weighted by molar-refractivity contribution is 6.27. The van der Waals surface area contributed by atoms with E-state index in [1.807, 2.05) is 30.3 Å². The number of rotatable bonds is 3. The van der Waals surface area contributed by atoms with Crippen LogP contribution in [0.4, 0.5) is 0 Å². The van der Waals surface area contributed by atoms with Gasteiger partial charge >= 0.3 is 0 Å². The number of para-hydroxylation sites is 1. The molecule has 0 fully saturated rings. The lowest BCUT2D eigenvalue weighted by Gasteiger charge is -2.17. The first-order valence-corrected chi connectivity index (χ1v) is 16.1. The maximum absolute atomic E-state index is 6.58. The van der Waals surface area contributed by atoms with E-state index in [0.29, 0.717) is 0 Å². The second-order valence-electron chi connectivity index (χ2n) is 12.3. The molecule has 9 aromatic rings. The number of furan rings is 1. The SMILES string of the molecule is C1=CC(c2ccc3ccc4ccc(-c5ccccc5)nc4c3n2)CC=C1c1nc2ccc3ccccc3c2c2c1oc1ccccc12. The van der Waals surface area contributed by atoms with E-state index < -0.39 is 0 Å². The van der Waals surface area contributed by atoms with Crippen LogP contribution in [0.25, 0.3) is 82.3 Å². The summed E-state index contributed by atoms with van der Waals surface area (Å²) in [6.07, 6.45) is 7.55. The minimum absolute atomic E-state index is 0.145. The quantitative estimate of drug-likeness (QED) is 0.189. The van der Waals surface area contributed by atoms with Gasteiger partial charge in [-0.05, 0) is 47.0 Å². The monoisotopic (exact) mass is 601 g/mol. The molecule has 0 bridgehead atoms. The molecule has 0 aliphatic heterocycles. The first kappa shape index (κ1) is 26.1. The Kier molecular flexibility index (Phi) is 5.67. The van der Waals surface area contributed by atoms with E-state index in [4.69, 9.17) is 19.4 Å². The smallest absolute Gasteiger partial charge is 0.162 e. The summed E-state index contributed by atoms with van der Waals surface area (Å²) in [5.41, 5.74) is 9.59. The zero-order valence-electron chi connectivity index (χ0n) is 25.4. The van der Waals surface area contributed by atoms with E-state index in [9.17, 15) is 0 Å². The van der Waals surface area contributed by atoms with Crippen LogP contribution in [0, 0.1) is 0 Å². The minimum atomic E-state index is 0.145. The van der Waals surface area contributed by atoms with Crippen LogP contribution in [-0.2, 0) is 0 Å². The van der Waals surface area contributed by atoms with E-state index in [0.717, 1.165) is 89.3 Å². The van der Waals surface area contributed by atoms with Crippen LogP contribution >= 0.6 is 0 Å². The molecule has 1 aliphatic rings. The van der Waals surface area contributed by atoms with Crippen molar-refractivity contribution in [2.45, 2.75) is 12.3 Å². The van der Waals surface area contributed by atoms with Gasteiger partial charge in [-0.15, -0.1) is 0 Å². The molecule has 4 heteroatoms. The van der Waals surface area contributed by atoms with Gasteiger partial charge < -0.3 is 4.42 Å². The standard InChI is InChI=1S/C43H27N3O/c1-2-9-27(10-3-1)34-23-21-29-18-19-30-22-24-35(45-41(30)40(29)44-34)28-14-16-31(17-15-28)42-43-39(33-12-6-7-13-37(33)47-43)38-32-11-5-4-8-26(32)20-25-36(38)46-42/h1-14,16-25,28H,15H2. The van der Waals surface area contributed by atoms with Gasteiger partial charge in [0.2, 0.25) is 0 Å². The zero-order chi connectivity index (χ0) is 30.9. The van der Waals surface area contributed by atoms with Gasteiger partial charge in [-0.1, -0.05) is 121 Å². The Morgan fingerprint density at radius 1 is 0.574 bits per heavy atom. The molecule has 0 spiro atoms. The summed E-state index contributed by atoms with van der Waals surface area (Å²) in [4.78, 5) is 15.6. The average molecular weight is 602 g/mol. The van der Waals surface area contributed by atoms with E-state index in [2.05, 4.69) is 115 Å². The number of hydrogen-bond donors (Lipinski definition) is 0. The van der Waals surface area contributed by atoms with Crippen LogP contribution in [0.3, 0.4) is 0 Å². The fourth-order valence-corrected chi connectivity index (χ4v) is 7.22. The van der Waals surface area contributed by atoms with Gasteiger partial charge in [0.15, 0.2) is 5.58 Å². The minimum Gasteiger partial charge on any atom is -0.454 e. The van der Waals surface area contributed by atoms with E-state index in [1.165, 1.54) is 10.8 Å². The topological polar surface area (TPSA) is 51.8 Å². The van der Waals surface area contributed by atoms with Crippen molar-refractivity contribution in [1.82, 2.24) is 15.0 Å². The molecule has 1 atom stereocenters. The molecule has 4 nitrogen and oxygen atoms in total. The number of benzene rings is 5. The second kappa shape index (κ2) is 10.2. The molecule has 0 radical (unpaired) electrons. The van der Waals surface area contributed by atoms with Crippen molar-refractivity contribution in [2.75, 3.05) is 0 Å². The van der Waals surface area contributed by atoms with Crippen molar-refractivity contribution in [1.29, 1.82) is 0 Å². The predicted octanol–water partition coefficient (Wildman–Crippen LogP) is 11.2. The molecule has 0 saturated carbocycles. The zero-order valence-corrected chi connectivity index (χ0v) is 25.4. The van der Waals surface area contributed by atoms with Crippen LogP contribution < -0.4 is 0 Å². The summed E-state index contributed by atoms with van der Waals surface area (Å²) in [5.74, 6) is 0.145. The number of fused-ring (bicyclic) bond motifs is 10. The van der Waals surface area contributed by atoms with Crippen molar-refractivity contribution >= 4 is 71.0 Å². The fourth-order valence-electron chi connectivity index (χ4n) is 7.22. The molecule has 47 heavy (non-hydrogen) atoms. The maximum atomic E-state index is 6.58. The lowest BCUT2D eigenvalue weighted by molar-refractivity contribution is 0.666. The van der Waals surface area contributed by atoms with Gasteiger partial charge in [0.25, 0.3) is 0 Å². The summed E-state index contributed by atoms with van der Waals surface area (Å²) in [7, 11) is 0. The van der Waals surface area contributed by atoms with Gasteiger partial charge in [-0.25, -0.2) is 15.0 Å². The summed E-state index contributed by atoms with van der Waals surface area (Å²) in [6, 6.07) is 44.3. The van der Waals surface area contributed by atoms with E-state index >= 15 is 0 Å². The number of aromatic nitrogens is 3. The van der Waals surface area contributed by atoms with E-state index in [-0.39, 0.29) is 5.92 Å². The molecule has 10 rings (SSSR count). The molecule has 0 amide bonds. The van der Waals surface area contributed by atoms with Gasteiger partial charge in [-0.3, -0.25) is 0 Å². The van der Waals surface area contributed by atoms with Crippen LogP contribution in [-0.4, -0.2) is 15.0 Å². The Morgan fingerprint density at radius 2 is 1.30 bits per heavy atom. The molecule has 0 N–H and O–H groups in total. The molecule has 220 valence electrons. The largest absolute Gasteiger partial charge is 0.454 e. The molecule has 4 heterocycles. The summed E-state index contributed by atoms with van der Waals surface area (Å²) < 4.78 is 6.58. The Labute approximate surface area is 270 Å². The number of pyridine rings is 3. The Morgan fingerprint density at radius 3 is 2.15 bits per heavy atom. The third-order valence-electron chi connectivity index (χ3n) is 9.56. The average Bonchev–Trinajstić information content (AvgIpc) is 3.54. The lowest BCUT2D eigenvalue weighted by atomic mass is 9.91. The van der Waals surface area contributed by atoms with Gasteiger partial charge in [-0.2, -0.15) is 0 Å². The summed E-state index contributed by atoms with van der Waals surface area (Å²) in [6.45, 7) is 0. The summed E-state index contributed by atoms with van der Waals surface area (Å²) >= 11 is 0. The Hall–Kier alpha value is -6.13. The maximum Gasteiger partial charge on any atom is 0.162 e. The van der Waals surface area contributed by atoms with Crippen molar-refractivity contribution < 1.29 is 4.42 Å². The molecular weight excluding hydrogens is 574 g/mol. The third kappa shape index (κ3) is 4.12. The molecule has 1 aliphatic carbocycles. The predicted molar refractivity (Wildman–Crippen MR) is 193 cm³/mol. The lowest BCUT2D eigenvalue weighted by Crippen LogP contribution is -2.03. The first-order valence-electron chi connectivity index (χ1n) is 16.1. The van der Waals surface area contributed by atoms with Crippen molar-refractivity contribution in [2.24, 2.45) is 0 Å². The van der Waals surface area contributed by atoms with Gasteiger partial charge in [0, 0.05) is 44.1 Å². The van der Waals surface area contributed by atoms with Crippen molar-refractivity contribution in [3.8, 4) is 11.3 Å². The Balaban J connectivity index is 1.07. The van der Waals surface area contributed by atoms with Crippen LogP contribution in [0.15, 0.2) is 150 Å². The highest BCUT2D eigenvalue weighted by Crippen LogP contribution is 2.42. The fraction of sp³-hybridized carbons (Fsp3) is 0.0465. The molecule has 5 aromatic carbocycles.